The van der Waals surface area contributed by atoms with Crippen molar-refractivity contribution < 1.29 is 9.53 Å². The maximum atomic E-state index is 13.0. The van der Waals surface area contributed by atoms with Crippen molar-refractivity contribution in [3.8, 4) is 0 Å². The average Bonchev–Trinajstić information content (AvgIpc) is 3.08. The van der Waals surface area contributed by atoms with Gasteiger partial charge in [-0.2, -0.15) is 0 Å². The lowest BCUT2D eigenvalue weighted by Crippen LogP contribution is -2.51. The molecule has 1 aliphatic heterocycles. The lowest BCUT2D eigenvalue weighted by Gasteiger charge is -2.45. The summed E-state index contributed by atoms with van der Waals surface area (Å²) in [5.41, 5.74) is 6.38. The molecule has 0 aromatic heterocycles. The van der Waals surface area contributed by atoms with Gasteiger partial charge in [-0.1, -0.05) is 19.3 Å². The molecular formula is C20H34N2O2. The molecule has 4 rings (SSSR count). The number of nitrogens with zero attached hydrogens (tertiary/aromatic N) is 1. The van der Waals surface area contributed by atoms with Gasteiger partial charge in [0.15, 0.2) is 0 Å². The third kappa shape index (κ3) is 3.50. The van der Waals surface area contributed by atoms with E-state index in [0.717, 1.165) is 38.8 Å². The van der Waals surface area contributed by atoms with E-state index in [2.05, 4.69) is 4.90 Å². The summed E-state index contributed by atoms with van der Waals surface area (Å²) in [6.45, 7) is 1.79. The van der Waals surface area contributed by atoms with E-state index < -0.39 is 0 Å². The summed E-state index contributed by atoms with van der Waals surface area (Å²) < 4.78 is 6.25. The Morgan fingerprint density at radius 1 is 0.833 bits per heavy atom. The highest BCUT2D eigenvalue weighted by Crippen LogP contribution is 2.42. The summed E-state index contributed by atoms with van der Waals surface area (Å²) in [5, 5.41) is 0. The number of piperidine rings is 1. The molecule has 1 saturated heterocycles. The molecule has 4 heteroatoms. The number of ether oxygens (including phenoxy) is 1. The molecule has 2 bridgehead atoms. The predicted molar refractivity (Wildman–Crippen MR) is 94.5 cm³/mol. The van der Waals surface area contributed by atoms with Crippen LogP contribution in [0.25, 0.3) is 0 Å². The second-order valence-electron chi connectivity index (χ2n) is 8.76. The van der Waals surface area contributed by atoms with E-state index in [1.165, 1.54) is 44.9 Å². The summed E-state index contributed by atoms with van der Waals surface area (Å²) in [7, 11) is 0. The van der Waals surface area contributed by atoms with Gasteiger partial charge in [0.2, 0.25) is 5.91 Å². The van der Waals surface area contributed by atoms with Gasteiger partial charge >= 0.3 is 0 Å². The standard InChI is InChI=1S/C20H34N2O2/c21-19-14-4-3-5-15(19)13-16(12-14)20(23)22-10-8-18(9-11-22)24-17-6-1-2-7-17/h14-19H,1-13,21H2. The third-order valence-corrected chi connectivity index (χ3v) is 7.20. The quantitative estimate of drug-likeness (QED) is 0.863. The minimum atomic E-state index is 0.243. The summed E-state index contributed by atoms with van der Waals surface area (Å²) in [5.74, 6) is 1.84. The van der Waals surface area contributed by atoms with Crippen LogP contribution < -0.4 is 5.73 Å². The van der Waals surface area contributed by atoms with Crippen LogP contribution >= 0.6 is 0 Å². The van der Waals surface area contributed by atoms with E-state index in [1.54, 1.807) is 0 Å². The van der Waals surface area contributed by atoms with Gasteiger partial charge in [0.05, 0.1) is 12.2 Å². The molecule has 0 aromatic carbocycles. The molecule has 0 radical (unpaired) electrons. The third-order valence-electron chi connectivity index (χ3n) is 7.20. The number of rotatable bonds is 3. The second-order valence-corrected chi connectivity index (χ2v) is 8.76. The molecule has 1 amide bonds. The van der Waals surface area contributed by atoms with Crippen LogP contribution in [0.3, 0.4) is 0 Å². The van der Waals surface area contributed by atoms with Gasteiger partial charge in [0.25, 0.3) is 0 Å². The number of amides is 1. The van der Waals surface area contributed by atoms with Crippen LogP contribution in [0, 0.1) is 17.8 Å². The van der Waals surface area contributed by atoms with Gasteiger partial charge in [0.1, 0.15) is 0 Å². The molecule has 4 nitrogen and oxygen atoms in total. The minimum absolute atomic E-state index is 0.243. The van der Waals surface area contributed by atoms with Gasteiger partial charge in [-0.25, -0.2) is 0 Å². The minimum Gasteiger partial charge on any atom is -0.375 e. The zero-order chi connectivity index (χ0) is 16.5. The van der Waals surface area contributed by atoms with Crippen molar-refractivity contribution >= 4 is 5.91 Å². The Morgan fingerprint density at radius 3 is 2.04 bits per heavy atom. The molecule has 0 aromatic rings. The number of fused-ring (bicyclic) bond motifs is 2. The molecule has 3 aliphatic carbocycles. The maximum absolute atomic E-state index is 13.0. The van der Waals surface area contributed by atoms with Gasteiger partial charge < -0.3 is 15.4 Å². The van der Waals surface area contributed by atoms with Crippen molar-refractivity contribution in [2.75, 3.05) is 13.1 Å². The Labute approximate surface area is 146 Å². The first-order chi connectivity index (χ1) is 11.7. The van der Waals surface area contributed by atoms with Crippen LogP contribution in [0.1, 0.15) is 70.6 Å². The molecule has 2 atom stereocenters. The van der Waals surface area contributed by atoms with Crippen molar-refractivity contribution in [1.29, 1.82) is 0 Å². The first kappa shape index (κ1) is 16.8. The Kier molecular flexibility index (Phi) is 5.14. The van der Waals surface area contributed by atoms with Crippen molar-refractivity contribution in [1.82, 2.24) is 4.90 Å². The Morgan fingerprint density at radius 2 is 1.42 bits per heavy atom. The van der Waals surface area contributed by atoms with Crippen molar-refractivity contribution in [2.45, 2.75) is 88.9 Å². The summed E-state index contributed by atoms with van der Waals surface area (Å²) >= 11 is 0. The fraction of sp³-hybridized carbons (Fsp3) is 0.950. The molecule has 4 fully saturated rings. The smallest absolute Gasteiger partial charge is 0.225 e. The summed E-state index contributed by atoms with van der Waals surface area (Å²) in [4.78, 5) is 15.1. The van der Waals surface area contributed by atoms with E-state index in [9.17, 15) is 4.79 Å². The molecule has 0 spiro atoms. The lowest BCUT2D eigenvalue weighted by molar-refractivity contribution is -0.142. The number of hydrogen-bond acceptors (Lipinski definition) is 3. The highest BCUT2D eigenvalue weighted by Gasteiger charge is 2.42. The average molecular weight is 335 g/mol. The van der Waals surface area contributed by atoms with Gasteiger partial charge in [-0.15, -0.1) is 0 Å². The van der Waals surface area contributed by atoms with Crippen LogP contribution in [0.2, 0.25) is 0 Å². The molecular weight excluding hydrogens is 300 g/mol. The van der Waals surface area contributed by atoms with Crippen LogP contribution in [0.4, 0.5) is 0 Å². The molecule has 2 N–H and O–H groups in total. The van der Waals surface area contributed by atoms with Crippen LogP contribution in [-0.4, -0.2) is 42.1 Å². The van der Waals surface area contributed by atoms with E-state index in [4.69, 9.17) is 10.5 Å². The zero-order valence-corrected chi connectivity index (χ0v) is 15.0. The van der Waals surface area contributed by atoms with Crippen molar-refractivity contribution in [3.05, 3.63) is 0 Å². The highest BCUT2D eigenvalue weighted by atomic mass is 16.5. The summed E-state index contributed by atoms with van der Waals surface area (Å²) in [6, 6.07) is 0.355. The molecule has 4 aliphatic rings. The number of hydrogen-bond donors (Lipinski definition) is 1. The molecule has 24 heavy (non-hydrogen) atoms. The molecule has 136 valence electrons. The molecule has 3 saturated carbocycles. The van der Waals surface area contributed by atoms with Crippen LogP contribution in [0.5, 0.6) is 0 Å². The van der Waals surface area contributed by atoms with E-state index in [1.807, 2.05) is 0 Å². The Hall–Kier alpha value is -0.610. The van der Waals surface area contributed by atoms with E-state index in [0.29, 0.717) is 36.0 Å². The van der Waals surface area contributed by atoms with E-state index in [-0.39, 0.29) is 5.92 Å². The fourth-order valence-electron chi connectivity index (χ4n) is 5.76. The topological polar surface area (TPSA) is 55.6 Å². The number of carbonyl (C=O) groups is 1. The predicted octanol–water partition coefficient (Wildman–Crippen LogP) is 3.09. The van der Waals surface area contributed by atoms with Crippen molar-refractivity contribution in [2.24, 2.45) is 23.5 Å². The largest absolute Gasteiger partial charge is 0.375 e. The van der Waals surface area contributed by atoms with Gasteiger partial charge in [-0.3, -0.25) is 4.79 Å². The maximum Gasteiger partial charge on any atom is 0.225 e. The van der Waals surface area contributed by atoms with E-state index >= 15 is 0 Å². The zero-order valence-electron chi connectivity index (χ0n) is 15.0. The highest BCUT2D eigenvalue weighted by molar-refractivity contribution is 5.79. The van der Waals surface area contributed by atoms with Gasteiger partial charge in [-0.05, 0) is 63.2 Å². The molecule has 1 heterocycles. The fourth-order valence-corrected chi connectivity index (χ4v) is 5.76. The lowest BCUT2D eigenvalue weighted by atomic mass is 9.65. The van der Waals surface area contributed by atoms with Crippen molar-refractivity contribution in [3.63, 3.8) is 0 Å². The monoisotopic (exact) mass is 334 g/mol. The Balaban J connectivity index is 1.27. The first-order valence-electron chi connectivity index (χ1n) is 10.4. The van der Waals surface area contributed by atoms with Gasteiger partial charge in [0, 0.05) is 25.0 Å². The molecule has 2 unspecified atom stereocenters. The second kappa shape index (κ2) is 7.33. The van der Waals surface area contributed by atoms with Crippen LogP contribution in [-0.2, 0) is 9.53 Å². The first-order valence-corrected chi connectivity index (χ1v) is 10.4. The Bertz CT molecular complexity index is 427. The number of likely N-dealkylation sites (tertiary alicyclic amines) is 1. The normalized spacial score (nSPS) is 38.5. The number of carbonyl (C=O) groups excluding carboxylic acids is 1. The van der Waals surface area contributed by atoms with Crippen LogP contribution in [0.15, 0.2) is 0 Å². The number of nitrogens with two attached hydrogens (primary N) is 1. The summed E-state index contributed by atoms with van der Waals surface area (Å²) in [6.07, 6.45) is 13.9. The SMILES string of the molecule is NC1C2CCCC1CC(C(=O)N1CCC(OC3CCCC3)CC1)C2.